The van der Waals surface area contributed by atoms with Crippen LogP contribution in [0.25, 0.3) is 0 Å². The molecule has 0 aromatic heterocycles. The Kier molecular flexibility index (Phi) is 5.48. The van der Waals surface area contributed by atoms with Gasteiger partial charge in [-0.25, -0.2) is 4.79 Å². The molecule has 1 saturated heterocycles. The Bertz CT molecular complexity index is 255. The van der Waals surface area contributed by atoms with Gasteiger partial charge in [-0.05, 0) is 27.7 Å². The van der Waals surface area contributed by atoms with Crippen molar-refractivity contribution in [3.8, 4) is 0 Å². The summed E-state index contributed by atoms with van der Waals surface area (Å²) in [5, 5.41) is 0. The van der Waals surface area contributed by atoms with Crippen LogP contribution in [0, 0.1) is 0 Å². The summed E-state index contributed by atoms with van der Waals surface area (Å²) in [6, 6.07) is -0.0302. The maximum Gasteiger partial charge on any atom is 0.410 e. The van der Waals surface area contributed by atoms with Crippen LogP contribution in [0.15, 0.2) is 0 Å². The highest BCUT2D eigenvalue weighted by Gasteiger charge is 2.33. The van der Waals surface area contributed by atoms with Gasteiger partial charge in [0, 0.05) is 12.5 Å². The standard InChI is InChI=1S/C10H17NO3.C2H6/c1-7-5-8(12)6-11(7)9(13)14-10(2,3)4;1-2/h7H,5-6H2,1-4H3;1-2H3. The summed E-state index contributed by atoms with van der Waals surface area (Å²) in [6.45, 7) is 11.5. The van der Waals surface area contributed by atoms with Gasteiger partial charge in [-0.1, -0.05) is 13.8 Å². The molecule has 1 atom stereocenters. The van der Waals surface area contributed by atoms with Crippen molar-refractivity contribution in [2.75, 3.05) is 6.54 Å². The lowest BCUT2D eigenvalue weighted by molar-refractivity contribution is -0.117. The summed E-state index contributed by atoms with van der Waals surface area (Å²) in [4.78, 5) is 24.1. The van der Waals surface area contributed by atoms with Crippen molar-refractivity contribution < 1.29 is 14.3 Å². The van der Waals surface area contributed by atoms with Crippen LogP contribution in [-0.2, 0) is 9.53 Å². The minimum absolute atomic E-state index is 0.0302. The van der Waals surface area contributed by atoms with E-state index in [0.717, 1.165) is 0 Å². The molecule has 0 radical (unpaired) electrons. The fourth-order valence-electron chi connectivity index (χ4n) is 1.42. The highest BCUT2D eigenvalue weighted by atomic mass is 16.6. The lowest BCUT2D eigenvalue weighted by Crippen LogP contribution is -2.38. The van der Waals surface area contributed by atoms with Crippen molar-refractivity contribution in [1.29, 1.82) is 0 Å². The number of hydrogen-bond acceptors (Lipinski definition) is 3. The molecule has 0 aliphatic carbocycles. The van der Waals surface area contributed by atoms with Crippen molar-refractivity contribution in [3.63, 3.8) is 0 Å². The number of hydrogen-bond donors (Lipinski definition) is 0. The van der Waals surface area contributed by atoms with E-state index in [1.54, 1.807) is 0 Å². The van der Waals surface area contributed by atoms with E-state index in [1.807, 2.05) is 41.5 Å². The number of ketones is 1. The van der Waals surface area contributed by atoms with E-state index in [9.17, 15) is 9.59 Å². The summed E-state index contributed by atoms with van der Waals surface area (Å²) in [7, 11) is 0. The van der Waals surface area contributed by atoms with Gasteiger partial charge in [-0.15, -0.1) is 0 Å². The molecule has 0 saturated carbocycles. The molecule has 0 spiro atoms. The third kappa shape index (κ3) is 4.64. The molecule has 1 amide bonds. The van der Waals surface area contributed by atoms with Crippen LogP contribution in [0.3, 0.4) is 0 Å². The second-order valence-electron chi connectivity index (χ2n) is 4.70. The number of rotatable bonds is 0. The molecule has 1 unspecified atom stereocenters. The number of likely N-dealkylation sites (tertiary alicyclic amines) is 1. The van der Waals surface area contributed by atoms with Crippen LogP contribution in [0.1, 0.15) is 48.0 Å². The number of carbonyl (C=O) groups is 2. The minimum atomic E-state index is -0.498. The Hall–Kier alpha value is -1.06. The highest BCUT2D eigenvalue weighted by Crippen LogP contribution is 2.18. The summed E-state index contributed by atoms with van der Waals surface area (Å²) in [5.41, 5.74) is -0.498. The number of carbonyl (C=O) groups excluding carboxylic acids is 2. The van der Waals surface area contributed by atoms with Gasteiger partial charge in [-0.3, -0.25) is 9.69 Å². The van der Waals surface area contributed by atoms with Gasteiger partial charge < -0.3 is 4.74 Å². The van der Waals surface area contributed by atoms with E-state index >= 15 is 0 Å². The van der Waals surface area contributed by atoms with E-state index < -0.39 is 11.7 Å². The maximum atomic E-state index is 11.6. The molecular formula is C12H23NO3. The van der Waals surface area contributed by atoms with Crippen LogP contribution in [0.5, 0.6) is 0 Å². The van der Waals surface area contributed by atoms with E-state index in [4.69, 9.17) is 4.74 Å². The molecule has 4 heteroatoms. The van der Waals surface area contributed by atoms with Crippen LogP contribution < -0.4 is 0 Å². The van der Waals surface area contributed by atoms with Crippen LogP contribution in [-0.4, -0.2) is 35.0 Å². The summed E-state index contributed by atoms with van der Waals surface area (Å²) in [6.07, 6.45) is 0.0510. The zero-order valence-corrected chi connectivity index (χ0v) is 11.2. The van der Waals surface area contributed by atoms with Gasteiger partial charge in [-0.2, -0.15) is 0 Å². The van der Waals surface area contributed by atoms with E-state index in [2.05, 4.69) is 0 Å². The average Bonchev–Trinajstić information content (AvgIpc) is 2.46. The Balaban J connectivity index is 0.00000106. The summed E-state index contributed by atoms with van der Waals surface area (Å²) in [5.74, 6) is 0.100. The molecule has 0 aromatic carbocycles. The largest absolute Gasteiger partial charge is 0.444 e. The van der Waals surface area contributed by atoms with Crippen molar-refractivity contribution >= 4 is 11.9 Å². The third-order valence-corrected chi connectivity index (χ3v) is 2.03. The monoisotopic (exact) mass is 229 g/mol. The molecule has 1 rings (SSSR count). The maximum absolute atomic E-state index is 11.6. The minimum Gasteiger partial charge on any atom is -0.444 e. The Labute approximate surface area is 98.0 Å². The lowest BCUT2D eigenvalue weighted by atomic mass is 10.2. The zero-order valence-electron chi connectivity index (χ0n) is 11.2. The molecule has 1 aliphatic heterocycles. The first kappa shape index (κ1) is 14.9. The SMILES string of the molecule is CC.CC1CC(=O)CN1C(=O)OC(C)(C)C. The van der Waals surface area contributed by atoms with Crippen molar-refractivity contribution in [2.45, 2.75) is 59.6 Å². The Morgan fingerprint density at radius 1 is 1.38 bits per heavy atom. The van der Waals surface area contributed by atoms with E-state index in [1.165, 1.54) is 4.90 Å². The number of Topliss-reactive ketones (excluding diaryl/α,β-unsaturated/α-hetero) is 1. The summed E-state index contributed by atoms with van der Waals surface area (Å²) >= 11 is 0. The zero-order chi connectivity index (χ0) is 12.9. The normalized spacial score (nSPS) is 20.2. The lowest BCUT2D eigenvalue weighted by Gasteiger charge is -2.26. The first-order valence-corrected chi connectivity index (χ1v) is 5.81. The molecule has 1 fully saturated rings. The molecular weight excluding hydrogens is 206 g/mol. The molecule has 1 heterocycles. The fraction of sp³-hybridized carbons (Fsp3) is 0.833. The second-order valence-corrected chi connectivity index (χ2v) is 4.70. The Morgan fingerprint density at radius 2 is 1.88 bits per heavy atom. The fourth-order valence-corrected chi connectivity index (χ4v) is 1.42. The molecule has 0 bridgehead atoms. The van der Waals surface area contributed by atoms with Crippen LogP contribution in [0.2, 0.25) is 0 Å². The van der Waals surface area contributed by atoms with E-state index in [-0.39, 0.29) is 18.4 Å². The molecule has 1 aliphatic rings. The molecule has 0 aromatic rings. The second kappa shape index (κ2) is 5.87. The first-order chi connectivity index (χ1) is 7.29. The van der Waals surface area contributed by atoms with Gasteiger partial charge in [0.25, 0.3) is 0 Å². The predicted octanol–water partition coefficient (Wildman–Crippen LogP) is 2.61. The van der Waals surface area contributed by atoms with Crippen molar-refractivity contribution in [3.05, 3.63) is 0 Å². The quantitative estimate of drug-likeness (QED) is 0.641. The Morgan fingerprint density at radius 3 is 2.19 bits per heavy atom. The van der Waals surface area contributed by atoms with Crippen molar-refractivity contribution in [1.82, 2.24) is 4.90 Å². The molecule has 4 nitrogen and oxygen atoms in total. The van der Waals surface area contributed by atoms with Crippen LogP contribution in [0.4, 0.5) is 4.79 Å². The molecule has 16 heavy (non-hydrogen) atoms. The third-order valence-electron chi connectivity index (χ3n) is 2.03. The molecule has 94 valence electrons. The van der Waals surface area contributed by atoms with Gasteiger partial charge in [0.1, 0.15) is 5.60 Å². The molecule has 0 N–H and O–H groups in total. The van der Waals surface area contributed by atoms with E-state index in [0.29, 0.717) is 6.42 Å². The van der Waals surface area contributed by atoms with Gasteiger partial charge in [0.2, 0.25) is 0 Å². The predicted molar refractivity (Wildman–Crippen MR) is 63.4 cm³/mol. The smallest absolute Gasteiger partial charge is 0.410 e. The average molecular weight is 229 g/mol. The summed E-state index contributed by atoms with van der Waals surface area (Å²) < 4.78 is 5.18. The van der Waals surface area contributed by atoms with Gasteiger partial charge in [0.15, 0.2) is 5.78 Å². The highest BCUT2D eigenvalue weighted by molar-refractivity contribution is 5.88. The van der Waals surface area contributed by atoms with Crippen molar-refractivity contribution in [2.24, 2.45) is 0 Å². The topological polar surface area (TPSA) is 46.6 Å². The van der Waals surface area contributed by atoms with Gasteiger partial charge >= 0.3 is 6.09 Å². The first-order valence-electron chi connectivity index (χ1n) is 5.81. The van der Waals surface area contributed by atoms with Gasteiger partial charge in [0.05, 0.1) is 6.54 Å². The van der Waals surface area contributed by atoms with Crippen LogP contribution >= 0.6 is 0 Å². The number of amides is 1. The number of ether oxygens (including phenoxy) is 1. The number of nitrogens with zero attached hydrogens (tertiary/aromatic N) is 1.